The molecule has 24 heavy (non-hydrogen) atoms. The number of aromatic nitrogens is 1. The first-order valence-electron chi connectivity index (χ1n) is 8.82. The number of H-pyrrole nitrogens is 1. The molecule has 2 aromatic rings. The SMILES string of the molecule is CCNC(=NCCNC(C)(C)C)NCCc1c[nH]c2ccccc12. The summed E-state index contributed by atoms with van der Waals surface area (Å²) in [6, 6.07) is 8.42. The predicted octanol–water partition coefficient (Wildman–Crippen LogP) is 2.65. The lowest BCUT2D eigenvalue weighted by molar-refractivity contribution is 0.432. The number of hydrogen-bond acceptors (Lipinski definition) is 2. The van der Waals surface area contributed by atoms with E-state index in [0.29, 0.717) is 0 Å². The van der Waals surface area contributed by atoms with Gasteiger partial charge in [-0.1, -0.05) is 18.2 Å². The standard InChI is InChI=1S/C19H31N5/c1-5-20-18(22-12-13-24-19(2,3)4)21-11-10-15-14-23-17-9-7-6-8-16(15)17/h6-9,14,23-24H,5,10-13H2,1-4H3,(H2,20,21,22). The molecule has 0 bridgehead atoms. The Labute approximate surface area is 145 Å². The number of fused-ring (bicyclic) bond motifs is 1. The van der Waals surface area contributed by atoms with Crippen LogP contribution in [-0.2, 0) is 6.42 Å². The number of hydrogen-bond donors (Lipinski definition) is 4. The fraction of sp³-hybridized carbons (Fsp3) is 0.526. The van der Waals surface area contributed by atoms with Crippen molar-refractivity contribution in [1.29, 1.82) is 0 Å². The molecule has 0 unspecified atom stereocenters. The molecule has 0 saturated carbocycles. The van der Waals surface area contributed by atoms with Gasteiger partial charge in [0.15, 0.2) is 5.96 Å². The van der Waals surface area contributed by atoms with Gasteiger partial charge in [-0.3, -0.25) is 4.99 Å². The highest BCUT2D eigenvalue weighted by Gasteiger charge is 2.07. The van der Waals surface area contributed by atoms with Crippen molar-refractivity contribution in [3.05, 3.63) is 36.0 Å². The van der Waals surface area contributed by atoms with Gasteiger partial charge in [0.2, 0.25) is 0 Å². The lowest BCUT2D eigenvalue weighted by Crippen LogP contribution is -2.40. The number of nitrogens with zero attached hydrogens (tertiary/aromatic N) is 1. The minimum Gasteiger partial charge on any atom is -0.361 e. The second kappa shape index (κ2) is 8.73. The molecular formula is C19H31N5. The van der Waals surface area contributed by atoms with E-state index in [1.807, 2.05) is 0 Å². The van der Waals surface area contributed by atoms with Gasteiger partial charge in [-0.15, -0.1) is 0 Å². The molecule has 0 amide bonds. The van der Waals surface area contributed by atoms with Gasteiger partial charge >= 0.3 is 0 Å². The molecule has 5 nitrogen and oxygen atoms in total. The van der Waals surface area contributed by atoms with E-state index in [4.69, 9.17) is 0 Å². The summed E-state index contributed by atoms with van der Waals surface area (Å²) in [7, 11) is 0. The Morgan fingerprint density at radius 1 is 1.12 bits per heavy atom. The molecular weight excluding hydrogens is 298 g/mol. The summed E-state index contributed by atoms with van der Waals surface area (Å²) in [6.07, 6.45) is 3.07. The molecule has 0 radical (unpaired) electrons. The molecule has 0 saturated heterocycles. The second-order valence-corrected chi connectivity index (χ2v) is 6.97. The summed E-state index contributed by atoms with van der Waals surface area (Å²) in [5.41, 5.74) is 2.67. The van der Waals surface area contributed by atoms with Crippen LogP contribution < -0.4 is 16.0 Å². The molecule has 1 aromatic heterocycles. The molecule has 0 aliphatic carbocycles. The van der Waals surface area contributed by atoms with Gasteiger partial charge in [0.05, 0.1) is 6.54 Å². The molecule has 0 aliphatic heterocycles. The fourth-order valence-electron chi connectivity index (χ4n) is 2.59. The third-order valence-electron chi connectivity index (χ3n) is 3.74. The summed E-state index contributed by atoms with van der Waals surface area (Å²) in [5, 5.41) is 11.5. The Morgan fingerprint density at radius 2 is 1.92 bits per heavy atom. The summed E-state index contributed by atoms with van der Waals surface area (Å²) in [5.74, 6) is 0.882. The van der Waals surface area contributed by atoms with Crippen LogP contribution in [-0.4, -0.2) is 42.7 Å². The Balaban J connectivity index is 1.82. The number of guanidine groups is 1. The average Bonchev–Trinajstić information content (AvgIpc) is 2.94. The van der Waals surface area contributed by atoms with Gasteiger partial charge in [0, 0.05) is 42.3 Å². The minimum absolute atomic E-state index is 0.136. The van der Waals surface area contributed by atoms with Crippen molar-refractivity contribution in [3.8, 4) is 0 Å². The second-order valence-electron chi connectivity index (χ2n) is 6.97. The number of aromatic amines is 1. The fourth-order valence-corrected chi connectivity index (χ4v) is 2.59. The van der Waals surface area contributed by atoms with Crippen LogP contribution in [0.25, 0.3) is 10.9 Å². The normalized spacial score (nSPS) is 12.6. The van der Waals surface area contributed by atoms with E-state index in [2.05, 4.69) is 84.1 Å². The third-order valence-corrected chi connectivity index (χ3v) is 3.74. The highest BCUT2D eigenvalue weighted by Crippen LogP contribution is 2.17. The van der Waals surface area contributed by atoms with E-state index in [9.17, 15) is 0 Å². The highest BCUT2D eigenvalue weighted by molar-refractivity contribution is 5.83. The first kappa shape index (κ1) is 18.3. The average molecular weight is 329 g/mol. The predicted molar refractivity (Wildman–Crippen MR) is 104 cm³/mol. The lowest BCUT2D eigenvalue weighted by atomic mass is 10.1. The zero-order chi connectivity index (χ0) is 17.4. The third kappa shape index (κ3) is 5.89. The lowest BCUT2D eigenvalue weighted by Gasteiger charge is -2.20. The van der Waals surface area contributed by atoms with Gasteiger partial charge in [-0.2, -0.15) is 0 Å². The van der Waals surface area contributed by atoms with Crippen LogP contribution in [0.3, 0.4) is 0 Å². The van der Waals surface area contributed by atoms with Crippen molar-refractivity contribution < 1.29 is 0 Å². The Hall–Kier alpha value is -2.01. The van der Waals surface area contributed by atoms with E-state index >= 15 is 0 Å². The van der Waals surface area contributed by atoms with E-state index in [0.717, 1.165) is 38.6 Å². The highest BCUT2D eigenvalue weighted by atomic mass is 15.2. The summed E-state index contributed by atoms with van der Waals surface area (Å²) in [6.45, 7) is 12.0. The number of benzene rings is 1. The van der Waals surface area contributed by atoms with Gasteiger partial charge in [0.1, 0.15) is 0 Å². The van der Waals surface area contributed by atoms with Crippen LogP contribution in [0.1, 0.15) is 33.3 Å². The topological polar surface area (TPSA) is 64.2 Å². The first-order valence-corrected chi connectivity index (χ1v) is 8.82. The number of rotatable bonds is 7. The molecule has 2 rings (SSSR count). The zero-order valence-corrected chi connectivity index (χ0v) is 15.4. The largest absolute Gasteiger partial charge is 0.361 e. The molecule has 0 atom stereocenters. The molecule has 0 fully saturated rings. The van der Waals surface area contributed by atoms with E-state index < -0.39 is 0 Å². The number of para-hydroxylation sites is 1. The van der Waals surface area contributed by atoms with Crippen LogP contribution in [0.15, 0.2) is 35.5 Å². The quantitative estimate of drug-likeness (QED) is 0.359. The van der Waals surface area contributed by atoms with E-state index in [1.54, 1.807) is 0 Å². The monoisotopic (exact) mass is 329 g/mol. The Bertz CT molecular complexity index is 651. The maximum absolute atomic E-state index is 4.62. The number of aliphatic imine (C=N–C) groups is 1. The molecule has 1 aromatic carbocycles. The van der Waals surface area contributed by atoms with E-state index in [1.165, 1.54) is 16.5 Å². The van der Waals surface area contributed by atoms with Crippen molar-refractivity contribution in [2.75, 3.05) is 26.2 Å². The van der Waals surface area contributed by atoms with Crippen molar-refractivity contribution in [1.82, 2.24) is 20.9 Å². The van der Waals surface area contributed by atoms with Crippen molar-refractivity contribution >= 4 is 16.9 Å². The van der Waals surface area contributed by atoms with Gasteiger partial charge in [-0.05, 0) is 45.7 Å². The van der Waals surface area contributed by atoms with Crippen LogP contribution in [0.2, 0.25) is 0 Å². The van der Waals surface area contributed by atoms with Crippen LogP contribution in [0.4, 0.5) is 0 Å². The first-order chi connectivity index (χ1) is 11.5. The van der Waals surface area contributed by atoms with Gasteiger partial charge in [-0.25, -0.2) is 0 Å². The Kier molecular flexibility index (Phi) is 6.67. The van der Waals surface area contributed by atoms with Crippen molar-refractivity contribution in [2.45, 2.75) is 39.7 Å². The van der Waals surface area contributed by atoms with Crippen LogP contribution >= 0.6 is 0 Å². The minimum atomic E-state index is 0.136. The maximum atomic E-state index is 4.62. The molecule has 0 spiro atoms. The molecule has 0 aliphatic rings. The molecule has 1 heterocycles. The summed E-state index contributed by atoms with van der Waals surface area (Å²) < 4.78 is 0. The van der Waals surface area contributed by atoms with Crippen molar-refractivity contribution in [3.63, 3.8) is 0 Å². The summed E-state index contributed by atoms with van der Waals surface area (Å²) in [4.78, 5) is 7.95. The molecule has 5 heteroatoms. The van der Waals surface area contributed by atoms with Gasteiger partial charge in [0.25, 0.3) is 0 Å². The zero-order valence-electron chi connectivity index (χ0n) is 15.4. The smallest absolute Gasteiger partial charge is 0.191 e. The maximum Gasteiger partial charge on any atom is 0.191 e. The number of nitrogens with one attached hydrogen (secondary N) is 4. The Morgan fingerprint density at radius 3 is 2.67 bits per heavy atom. The van der Waals surface area contributed by atoms with Gasteiger partial charge < -0.3 is 20.9 Å². The van der Waals surface area contributed by atoms with E-state index in [-0.39, 0.29) is 5.54 Å². The van der Waals surface area contributed by atoms with Crippen LogP contribution in [0, 0.1) is 0 Å². The summed E-state index contributed by atoms with van der Waals surface area (Å²) >= 11 is 0. The van der Waals surface area contributed by atoms with Crippen molar-refractivity contribution in [2.24, 2.45) is 4.99 Å². The molecule has 132 valence electrons. The van der Waals surface area contributed by atoms with Crippen LogP contribution in [0.5, 0.6) is 0 Å². The molecule has 4 N–H and O–H groups in total.